The fourth-order valence-corrected chi connectivity index (χ4v) is 3.92. The van der Waals surface area contributed by atoms with Gasteiger partial charge in [-0.05, 0) is 42.5 Å². The second-order valence-electron chi connectivity index (χ2n) is 5.31. The Labute approximate surface area is 147 Å². The summed E-state index contributed by atoms with van der Waals surface area (Å²) in [4.78, 5) is 16.8. The molecule has 0 fully saturated rings. The van der Waals surface area contributed by atoms with Gasteiger partial charge in [0.25, 0.3) is 5.91 Å². The number of para-hydroxylation sites is 2. The minimum atomic E-state index is -0.539. The van der Waals surface area contributed by atoms with Crippen molar-refractivity contribution in [3.63, 3.8) is 0 Å². The van der Waals surface area contributed by atoms with Crippen LogP contribution in [0.2, 0.25) is 5.02 Å². The fraction of sp³-hybridized carbons (Fsp3) is 0. The molecule has 0 aliphatic carbocycles. The highest BCUT2D eigenvalue weighted by molar-refractivity contribution is 7.99. The first kappa shape index (κ1) is 15.2. The van der Waals surface area contributed by atoms with Gasteiger partial charge in [-0.25, -0.2) is 4.39 Å². The number of anilines is 2. The zero-order chi connectivity index (χ0) is 16.7. The Morgan fingerprint density at radius 2 is 1.50 bits per heavy atom. The third-order valence-corrected chi connectivity index (χ3v) is 5.22. The summed E-state index contributed by atoms with van der Waals surface area (Å²) >= 11 is 7.47. The molecule has 1 aliphatic heterocycles. The Hall–Kier alpha value is -2.30. The van der Waals surface area contributed by atoms with Crippen LogP contribution in [-0.4, -0.2) is 5.91 Å². The lowest BCUT2D eigenvalue weighted by molar-refractivity contribution is 0.0998. The topological polar surface area (TPSA) is 20.3 Å². The van der Waals surface area contributed by atoms with Gasteiger partial charge in [-0.15, -0.1) is 0 Å². The average Bonchev–Trinajstić information content (AvgIpc) is 2.61. The summed E-state index contributed by atoms with van der Waals surface area (Å²) in [6.45, 7) is 0. The van der Waals surface area contributed by atoms with Crippen LogP contribution >= 0.6 is 23.4 Å². The van der Waals surface area contributed by atoms with Crippen LogP contribution in [0.3, 0.4) is 0 Å². The van der Waals surface area contributed by atoms with E-state index in [0.717, 1.165) is 21.2 Å². The van der Waals surface area contributed by atoms with Crippen molar-refractivity contribution >= 4 is 40.6 Å². The van der Waals surface area contributed by atoms with E-state index in [0.29, 0.717) is 5.56 Å². The maximum atomic E-state index is 13.4. The lowest BCUT2D eigenvalue weighted by Gasteiger charge is -2.31. The summed E-state index contributed by atoms with van der Waals surface area (Å²) in [7, 11) is 0. The quantitative estimate of drug-likeness (QED) is 0.539. The van der Waals surface area contributed by atoms with Crippen molar-refractivity contribution in [2.24, 2.45) is 0 Å². The van der Waals surface area contributed by atoms with Crippen LogP contribution in [0.1, 0.15) is 10.4 Å². The van der Waals surface area contributed by atoms with Crippen molar-refractivity contribution in [2.75, 3.05) is 4.90 Å². The summed E-state index contributed by atoms with van der Waals surface area (Å²) in [5.41, 5.74) is 1.97. The number of carbonyl (C=O) groups is 1. The van der Waals surface area contributed by atoms with Gasteiger partial charge in [0, 0.05) is 15.4 Å². The summed E-state index contributed by atoms with van der Waals surface area (Å²) in [5.74, 6) is -0.777. The molecule has 0 saturated carbocycles. The molecular weight excluding hydrogens is 345 g/mol. The van der Waals surface area contributed by atoms with Crippen molar-refractivity contribution in [1.82, 2.24) is 0 Å². The van der Waals surface area contributed by atoms with Gasteiger partial charge in [0.05, 0.1) is 16.4 Å². The summed E-state index contributed by atoms with van der Waals surface area (Å²) < 4.78 is 13.4. The molecule has 0 saturated heterocycles. The Morgan fingerprint density at radius 3 is 2.08 bits per heavy atom. The lowest BCUT2D eigenvalue weighted by Crippen LogP contribution is -2.28. The maximum Gasteiger partial charge on any atom is 0.262 e. The Kier molecular flexibility index (Phi) is 3.79. The van der Waals surface area contributed by atoms with Gasteiger partial charge in [-0.1, -0.05) is 47.6 Å². The van der Waals surface area contributed by atoms with Crippen LogP contribution in [-0.2, 0) is 0 Å². The monoisotopic (exact) mass is 355 g/mol. The highest BCUT2D eigenvalue weighted by atomic mass is 35.5. The van der Waals surface area contributed by atoms with Crippen LogP contribution < -0.4 is 4.90 Å². The number of rotatable bonds is 1. The number of hydrogen-bond donors (Lipinski definition) is 0. The van der Waals surface area contributed by atoms with Gasteiger partial charge in [0.15, 0.2) is 0 Å². The van der Waals surface area contributed by atoms with E-state index < -0.39 is 5.82 Å². The first-order valence-electron chi connectivity index (χ1n) is 7.30. The average molecular weight is 356 g/mol. The maximum absolute atomic E-state index is 13.4. The molecule has 3 aromatic carbocycles. The van der Waals surface area contributed by atoms with Gasteiger partial charge in [0.2, 0.25) is 0 Å². The minimum absolute atomic E-state index is 0.0613. The summed E-state index contributed by atoms with van der Waals surface area (Å²) in [5, 5.41) is -0.0613. The second kappa shape index (κ2) is 5.96. The van der Waals surface area contributed by atoms with Crippen molar-refractivity contribution in [1.29, 1.82) is 0 Å². The number of benzene rings is 3. The molecular formula is C19H11ClFNOS. The van der Waals surface area contributed by atoms with Crippen molar-refractivity contribution in [3.05, 3.63) is 83.1 Å². The molecule has 2 nitrogen and oxygen atoms in total. The van der Waals surface area contributed by atoms with Crippen LogP contribution in [0.25, 0.3) is 0 Å². The zero-order valence-electron chi connectivity index (χ0n) is 12.4. The van der Waals surface area contributed by atoms with Crippen molar-refractivity contribution in [3.8, 4) is 0 Å². The molecule has 1 heterocycles. The van der Waals surface area contributed by atoms with E-state index in [-0.39, 0.29) is 10.9 Å². The summed E-state index contributed by atoms with van der Waals surface area (Å²) in [6, 6.07) is 19.5. The largest absolute Gasteiger partial charge is 0.275 e. The molecule has 4 rings (SSSR count). The van der Waals surface area contributed by atoms with E-state index in [9.17, 15) is 9.18 Å². The standard InChI is InChI=1S/C19H11ClFNOS/c20-13-11-12(9-10-14(13)21)19(23)22-15-5-1-3-7-17(15)24-18-8-4-2-6-16(18)22/h1-11H. The highest BCUT2D eigenvalue weighted by Gasteiger charge is 2.28. The Morgan fingerprint density at radius 1 is 0.917 bits per heavy atom. The molecule has 0 radical (unpaired) electrons. The number of amides is 1. The fourth-order valence-electron chi connectivity index (χ4n) is 2.68. The molecule has 0 aromatic heterocycles. The zero-order valence-corrected chi connectivity index (χ0v) is 13.9. The third kappa shape index (κ3) is 2.48. The van der Waals surface area contributed by atoms with Crippen LogP contribution in [0.4, 0.5) is 15.8 Å². The number of carbonyl (C=O) groups excluding carboxylic acids is 1. The van der Waals surface area contributed by atoms with E-state index in [1.165, 1.54) is 18.2 Å². The van der Waals surface area contributed by atoms with E-state index in [4.69, 9.17) is 11.6 Å². The van der Waals surface area contributed by atoms with E-state index in [2.05, 4.69) is 0 Å². The first-order valence-corrected chi connectivity index (χ1v) is 8.50. The van der Waals surface area contributed by atoms with E-state index in [1.807, 2.05) is 48.5 Å². The highest BCUT2D eigenvalue weighted by Crippen LogP contribution is 2.48. The van der Waals surface area contributed by atoms with Crippen LogP contribution in [0.15, 0.2) is 76.5 Å². The predicted octanol–water partition coefficient (Wildman–Crippen LogP) is 5.92. The van der Waals surface area contributed by atoms with Crippen molar-refractivity contribution in [2.45, 2.75) is 9.79 Å². The van der Waals surface area contributed by atoms with Crippen molar-refractivity contribution < 1.29 is 9.18 Å². The first-order chi connectivity index (χ1) is 11.6. The predicted molar refractivity (Wildman–Crippen MR) is 94.9 cm³/mol. The van der Waals surface area contributed by atoms with Gasteiger partial charge in [-0.3, -0.25) is 9.69 Å². The Bertz CT molecular complexity index is 914. The molecule has 1 amide bonds. The molecule has 0 spiro atoms. The normalized spacial score (nSPS) is 12.5. The van der Waals surface area contributed by atoms with Gasteiger partial charge in [-0.2, -0.15) is 0 Å². The molecule has 1 aliphatic rings. The minimum Gasteiger partial charge on any atom is -0.275 e. The molecule has 5 heteroatoms. The van der Waals surface area contributed by atoms with E-state index >= 15 is 0 Å². The molecule has 0 unspecified atom stereocenters. The molecule has 0 N–H and O–H groups in total. The van der Waals surface area contributed by atoms with Gasteiger partial charge in [0.1, 0.15) is 5.82 Å². The molecule has 0 atom stereocenters. The lowest BCUT2D eigenvalue weighted by atomic mass is 10.1. The number of hydrogen-bond acceptors (Lipinski definition) is 2. The van der Waals surface area contributed by atoms with Gasteiger partial charge >= 0.3 is 0 Å². The molecule has 24 heavy (non-hydrogen) atoms. The summed E-state index contributed by atoms with van der Waals surface area (Å²) in [6.07, 6.45) is 0. The second-order valence-corrected chi connectivity index (χ2v) is 6.80. The van der Waals surface area contributed by atoms with E-state index in [1.54, 1.807) is 16.7 Å². The van der Waals surface area contributed by atoms with Crippen LogP contribution in [0.5, 0.6) is 0 Å². The molecule has 118 valence electrons. The smallest absolute Gasteiger partial charge is 0.262 e. The molecule has 0 bridgehead atoms. The SMILES string of the molecule is O=C(c1ccc(F)c(Cl)c1)N1c2ccccc2Sc2ccccc21. The van der Waals surface area contributed by atoms with Crippen LogP contribution in [0, 0.1) is 5.82 Å². The number of nitrogens with zero attached hydrogens (tertiary/aromatic N) is 1. The molecule has 3 aromatic rings. The third-order valence-electron chi connectivity index (χ3n) is 3.80. The van der Waals surface area contributed by atoms with Gasteiger partial charge < -0.3 is 0 Å². The Balaban J connectivity index is 1.88. The number of halogens is 2. The number of fused-ring (bicyclic) bond motifs is 2.